The number of unbranched alkanes of at least 4 members (excludes halogenated alkanes) is 2. The van der Waals surface area contributed by atoms with E-state index in [4.69, 9.17) is 13.6 Å². The first-order chi connectivity index (χ1) is 11.6. The smallest absolute Gasteiger partial charge is 0.386 e. The highest BCUT2D eigenvalue weighted by Gasteiger charge is 2.35. The molecule has 0 saturated carbocycles. The van der Waals surface area contributed by atoms with E-state index in [-0.39, 0.29) is 6.42 Å². The van der Waals surface area contributed by atoms with E-state index in [0.717, 1.165) is 12.8 Å². The summed E-state index contributed by atoms with van der Waals surface area (Å²) in [6.07, 6.45) is 2.73. The highest BCUT2D eigenvalue weighted by Crippen LogP contribution is 2.49. The Bertz CT molecular complexity index is 627. The summed E-state index contributed by atoms with van der Waals surface area (Å²) < 4.78 is 28.7. The fraction of sp³-hybridized carbons (Fsp3) is 0.278. The Hall–Kier alpha value is -2.26. The molecule has 0 unspecified atom stereocenters. The van der Waals surface area contributed by atoms with Crippen LogP contribution < -0.4 is 9.05 Å². The minimum Gasteiger partial charge on any atom is -0.386 e. The van der Waals surface area contributed by atoms with Gasteiger partial charge in [0, 0.05) is 6.42 Å². The van der Waals surface area contributed by atoms with Crippen LogP contribution in [0, 0.1) is 0 Å². The van der Waals surface area contributed by atoms with Crippen molar-refractivity contribution in [1.29, 1.82) is 0 Å². The van der Waals surface area contributed by atoms with Crippen molar-refractivity contribution in [2.45, 2.75) is 32.6 Å². The molecular weight excluding hydrogens is 327 g/mol. The van der Waals surface area contributed by atoms with Crippen LogP contribution in [-0.2, 0) is 13.9 Å². The molecule has 0 N–H and O–H groups in total. The topological polar surface area (TPSA) is 61.8 Å². The maximum atomic E-state index is 12.9. The SMILES string of the molecule is CCCCCC(=O)OP(=O)(Oc1ccccc1)Oc1ccccc1. The van der Waals surface area contributed by atoms with Crippen molar-refractivity contribution in [2.24, 2.45) is 0 Å². The lowest BCUT2D eigenvalue weighted by Gasteiger charge is -2.18. The number of phosphoric ester groups is 1. The summed E-state index contributed by atoms with van der Waals surface area (Å²) in [4.78, 5) is 12.0. The molecule has 0 aliphatic carbocycles. The van der Waals surface area contributed by atoms with Gasteiger partial charge in [-0.1, -0.05) is 56.2 Å². The Labute approximate surface area is 142 Å². The summed E-state index contributed by atoms with van der Waals surface area (Å²) in [6.45, 7) is 2.03. The number of para-hydroxylation sites is 2. The van der Waals surface area contributed by atoms with Gasteiger partial charge in [-0.3, -0.25) is 4.79 Å². The van der Waals surface area contributed by atoms with Gasteiger partial charge in [-0.2, -0.15) is 4.57 Å². The molecule has 0 aliphatic rings. The lowest BCUT2D eigenvalue weighted by molar-refractivity contribution is -0.135. The average molecular weight is 348 g/mol. The van der Waals surface area contributed by atoms with E-state index in [1.807, 2.05) is 6.92 Å². The second-order valence-corrected chi connectivity index (χ2v) is 6.62. The molecule has 0 radical (unpaired) electrons. The predicted octanol–water partition coefficient (Wildman–Crippen LogP) is 5.38. The quantitative estimate of drug-likeness (QED) is 0.450. The van der Waals surface area contributed by atoms with Gasteiger partial charge in [-0.05, 0) is 30.7 Å². The van der Waals surface area contributed by atoms with Crippen molar-refractivity contribution in [2.75, 3.05) is 0 Å². The molecule has 2 aromatic carbocycles. The van der Waals surface area contributed by atoms with Crippen molar-refractivity contribution >= 4 is 13.8 Å². The van der Waals surface area contributed by atoms with Crippen LogP contribution in [0.5, 0.6) is 11.5 Å². The normalized spacial score (nSPS) is 10.9. The van der Waals surface area contributed by atoms with E-state index in [1.54, 1.807) is 60.7 Å². The van der Waals surface area contributed by atoms with E-state index in [2.05, 4.69) is 0 Å². The maximum Gasteiger partial charge on any atom is 0.649 e. The second-order valence-electron chi connectivity index (χ2n) is 5.18. The Morgan fingerprint density at radius 1 is 0.875 bits per heavy atom. The average Bonchev–Trinajstić information content (AvgIpc) is 2.56. The zero-order valence-electron chi connectivity index (χ0n) is 13.6. The van der Waals surface area contributed by atoms with Crippen molar-refractivity contribution in [3.05, 3.63) is 60.7 Å². The Morgan fingerprint density at radius 2 is 1.38 bits per heavy atom. The molecule has 0 bridgehead atoms. The molecule has 0 aromatic heterocycles. The Balaban J connectivity index is 2.11. The third-order valence-corrected chi connectivity index (χ3v) is 4.42. The van der Waals surface area contributed by atoms with Gasteiger partial charge in [-0.25, -0.2) is 0 Å². The highest BCUT2D eigenvalue weighted by atomic mass is 31.2. The number of phosphoric acid groups is 1. The van der Waals surface area contributed by atoms with Gasteiger partial charge in [0.1, 0.15) is 11.5 Å². The molecular formula is C18H21O5P. The third-order valence-electron chi connectivity index (χ3n) is 3.12. The molecule has 0 amide bonds. The third kappa shape index (κ3) is 6.09. The first-order valence-electron chi connectivity index (χ1n) is 7.93. The first-order valence-corrected chi connectivity index (χ1v) is 9.39. The zero-order valence-corrected chi connectivity index (χ0v) is 14.5. The largest absolute Gasteiger partial charge is 0.649 e. The molecule has 24 heavy (non-hydrogen) atoms. The molecule has 0 atom stereocenters. The minimum atomic E-state index is -4.12. The van der Waals surface area contributed by atoms with Crippen LogP contribution in [0.2, 0.25) is 0 Å². The van der Waals surface area contributed by atoms with Gasteiger partial charge in [-0.15, -0.1) is 0 Å². The molecule has 6 heteroatoms. The molecule has 5 nitrogen and oxygen atoms in total. The monoisotopic (exact) mass is 348 g/mol. The molecule has 0 saturated heterocycles. The van der Waals surface area contributed by atoms with Gasteiger partial charge < -0.3 is 13.6 Å². The van der Waals surface area contributed by atoms with Gasteiger partial charge in [0.2, 0.25) is 0 Å². The van der Waals surface area contributed by atoms with Crippen LogP contribution in [0.4, 0.5) is 0 Å². The van der Waals surface area contributed by atoms with Gasteiger partial charge in [0.25, 0.3) is 0 Å². The summed E-state index contributed by atoms with van der Waals surface area (Å²) in [5.41, 5.74) is 0. The fourth-order valence-electron chi connectivity index (χ4n) is 1.97. The van der Waals surface area contributed by atoms with Crippen molar-refractivity contribution in [3.63, 3.8) is 0 Å². The van der Waals surface area contributed by atoms with Crippen LogP contribution in [0.15, 0.2) is 60.7 Å². The molecule has 0 fully saturated rings. The molecule has 128 valence electrons. The van der Waals surface area contributed by atoms with Crippen LogP contribution in [-0.4, -0.2) is 5.97 Å². The maximum absolute atomic E-state index is 12.9. The first kappa shape index (κ1) is 18.1. The van der Waals surface area contributed by atoms with E-state index < -0.39 is 13.8 Å². The Kier molecular flexibility index (Phi) is 6.89. The van der Waals surface area contributed by atoms with Crippen molar-refractivity contribution in [3.8, 4) is 11.5 Å². The van der Waals surface area contributed by atoms with E-state index in [9.17, 15) is 9.36 Å². The molecule has 0 heterocycles. The molecule has 0 aliphatic heterocycles. The molecule has 2 rings (SSSR count). The standard InChI is InChI=1S/C18H21O5P/c1-2-3-6-15-18(19)23-24(20,21-16-11-7-4-8-12-16)22-17-13-9-5-10-14-17/h4-5,7-14H,2-3,6,15H2,1H3. The lowest BCUT2D eigenvalue weighted by Crippen LogP contribution is -2.10. The van der Waals surface area contributed by atoms with Gasteiger partial charge in [0.15, 0.2) is 0 Å². The number of hydrogen-bond donors (Lipinski definition) is 0. The van der Waals surface area contributed by atoms with Crippen LogP contribution in [0.25, 0.3) is 0 Å². The number of hydrogen-bond acceptors (Lipinski definition) is 5. The minimum absolute atomic E-state index is 0.175. The number of benzene rings is 2. The number of carbonyl (C=O) groups excluding carboxylic acids is 1. The molecule has 2 aromatic rings. The fourth-order valence-corrected chi connectivity index (χ4v) is 3.18. The predicted molar refractivity (Wildman–Crippen MR) is 92.0 cm³/mol. The lowest BCUT2D eigenvalue weighted by atomic mass is 10.2. The number of rotatable bonds is 9. The van der Waals surface area contributed by atoms with Crippen molar-refractivity contribution in [1.82, 2.24) is 0 Å². The van der Waals surface area contributed by atoms with E-state index in [1.165, 1.54) is 0 Å². The summed E-state index contributed by atoms with van der Waals surface area (Å²) in [5.74, 6) is 0.00916. The van der Waals surface area contributed by atoms with E-state index in [0.29, 0.717) is 17.9 Å². The van der Waals surface area contributed by atoms with Crippen LogP contribution in [0.1, 0.15) is 32.6 Å². The zero-order chi connectivity index (χ0) is 17.3. The van der Waals surface area contributed by atoms with Gasteiger partial charge >= 0.3 is 13.8 Å². The van der Waals surface area contributed by atoms with Gasteiger partial charge in [0.05, 0.1) is 0 Å². The summed E-state index contributed by atoms with van der Waals surface area (Å²) in [5, 5.41) is 0. The summed E-state index contributed by atoms with van der Waals surface area (Å²) >= 11 is 0. The van der Waals surface area contributed by atoms with Crippen LogP contribution in [0.3, 0.4) is 0 Å². The van der Waals surface area contributed by atoms with Crippen LogP contribution >= 0.6 is 7.82 Å². The highest BCUT2D eigenvalue weighted by molar-refractivity contribution is 7.50. The Morgan fingerprint density at radius 3 is 1.83 bits per heavy atom. The number of carbonyl (C=O) groups is 1. The summed E-state index contributed by atoms with van der Waals surface area (Å²) in [6, 6.07) is 17.0. The molecule has 0 spiro atoms. The van der Waals surface area contributed by atoms with E-state index >= 15 is 0 Å². The second kappa shape index (κ2) is 9.14. The summed E-state index contributed by atoms with van der Waals surface area (Å²) in [7, 11) is -4.12. The van der Waals surface area contributed by atoms with Crippen molar-refractivity contribution < 1.29 is 22.9 Å².